The summed E-state index contributed by atoms with van der Waals surface area (Å²) in [6, 6.07) is 17.2. The van der Waals surface area contributed by atoms with Crippen LogP contribution >= 0.6 is 0 Å². The van der Waals surface area contributed by atoms with Crippen LogP contribution in [0.2, 0.25) is 0 Å². The molecule has 1 saturated heterocycles. The number of nitrogens with one attached hydrogen (secondary N) is 1. The molecule has 1 aliphatic heterocycles. The number of aryl methyl sites for hydroxylation is 2. The molecule has 0 aliphatic carbocycles. The Morgan fingerprint density at radius 3 is 2.42 bits per heavy atom. The highest BCUT2D eigenvalue weighted by Crippen LogP contribution is 2.38. The van der Waals surface area contributed by atoms with Crippen LogP contribution in [-0.4, -0.2) is 57.2 Å². The van der Waals surface area contributed by atoms with E-state index < -0.39 is 12.0 Å². The maximum atomic E-state index is 12.7. The summed E-state index contributed by atoms with van der Waals surface area (Å²) < 4.78 is 5.30. The summed E-state index contributed by atoms with van der Waals surface area (Å²) in [6.45, 7) is 7.60. The number of piperazine rings is 1. The number of aromatic amines is 1. The van der Waals surface area contributed by atoms with E-state index in [1.165, 1.54) is 0 Å². The van der Waals surface area contributed by atoms with Gasteiger partial charge in [-0.15, -0.1) is 0 Å². The van der Waals surface area contributed by atoms with Crippen LogP contribution < -0.4 is 0 Å². The van der Waals surface area contributed by atoms with E-state index >= 15 is 0 Å². The first-order valence-corrected chi connectivity index (χ1v) is 11.3. The van der Waals surface area contributed by atoms with Crippen LogP contribution in [0.1, 0.15) is 28.6 Å². The molecule has 170 valence electrons. The minimum Gasteiger partial charge on any atom is -0.480 e. The molecule has 0 saturated carbocycles. The van der Waals surface area contributed by atoms with Gasteiger partial charge in [-0.3, -0.25) is 14.6 Å². The molecular weight excluding hydrogens is 416 g/mol. The smallest absolute Gasteiger partial charge is 0.325 e. The minimum atomic E-state index is -0.823. The highest BCUT2D eigenvalue weighted by atomic mass is 16.5. The Balaban J connectivity index is 1.45. The van der Waals surface area contributed by atoms with Gasteiger partial charge in [0.2, 0.25) is 0 Å². The molecule has 0 spiro atoms. The molecule has 0 bridgehead atoms. The lowest BCUT2D eigenvalue weighted by molar-refractivity contribution is -0.144. The molecular formula is C26H28N4O3. The predicted octanol–water partition coefficient (Wildman–Crippen LogP) is 4.38. The van der Waals surface area contributed by atoms with Crippen LogP contribution in [0.3, 0.4) is 0 Å². The number of carboxylic acid groups (broad SMARTS) is 1. The maximum Gasteiger partial charge on any atom is 0.325 e. The van der Waals surface area contributed by atoms with E-state index in [-0.39, 0.29) is 0 Å². The Hall–Kier alpha value is -3.42. The predicted molar refractivity (Wildman–Crippen MR) is 127 cm³/mol. The Morgan fingerprint density at radius 2 is 1.76 bits per heavy atom. The van der Waals surface area contributed by atoms with Gasteiger partial charge in [0.1, 0.15) is 11.8 Å². The fraction of sp³-hybridized carbons (Fsp3) is 0.308. The number of carboxylic acids is 1. The average Bonchev–Trinajstić information content (AvgIpc) is 3.36. The molecule has 7 nitrogen and oxygen atoms in total. The number of carbonyl (C=O) groups is 1. The second-order valence-corrected chi connectivity index (χ2v) is 8.68. The van der Waals surface area contributed by atoms with Crippen molar-refractivity contribution in [1.29, 1.82) is 0 Å². The van der Waals surface area contributed by atoms with Crippen LogP contribution in [0, 0.1) is 13.8 Å². The van der Waals surface area contributed by atoms with Crippen molar-refractivity contribution in [2.75, 3.05) is 26.2 Å². The van der Waals surface area contributed by atoms with Gasteiger partial charge in [-0.25, -0.2) is 0 Å². The Kier molecular flexibility index (Phi) is 5.74. The van der Waals surface area contributed by atoms with E-state index in [0.29, 0.717) is 13.1 Å². The second-order valence-electron chi connectivity index (χ2n) is 8.68. The van der Waals surface area contributed by atoms with Crippen LogP contribution in [0.4, 0.5) is 0 Å². The van der Waals surface area contributed by atoms with Crippen molar-refractivity contribution < 1.29 is 14.4 Å². The number of hydrogen-bond donors (Lipinski definition) is 2. The largest absolute Gasteiger partial charge is 0.480 e. The van der Waals surface area contributed by atoms with Gasteiger partial charge in [0.25, 0.3) is 0 Å². The lowest BCUT2D eigenvalue weighted by atomic mass is 9.97. The normalized spacial score (nSPS) is 16.3. The van der Waals surface area contributed by atoms with Crippen LogP contribution in [0.5, 0.6) is 0 Å². The first-order chi connectivity index (χ1) is 16.0. The van der Waals surface area contributed by atoms with Crippen molar-refractivity contribution in [3.8, 4) is 11.3 Å². The SMILES string of the molecule is Cc1noc(C)c1CN1CCN(C(C(=O)O)c2c(-c3ccccc3)[nH]c3ccccc23)CC1. The number of aliphatic carboxylic acids is 1. The van der Waals surface area contributed by atoms with Gasteiger partial charge < -0.3 is 14.6 Å². The number of benzene rings is 2. The minimum absolute atomic E-state index is 0.675. The third-order valence-electron chi connectivity index (χ3n) is 6.65. The Labute approximate surface area is 192 Å². The molecule has 0 amide bonds. The van der Waals surface area contributed by atoms with E-state index in [4.69, 9.17) is 4.52 Å². The zero-order valence-electron chi connectivity index (χ0n) is 18.9. The van der Waals surface area contributed by atoms with Gasteiger partial charge in [-0.1, -0.05) is 53.7 Å². The number of para-hydroxylation sites is 1. The quantitative estimate of drug-likeness (QED) is 0.459. The average molecular weight is 445 g/mol. The summed E-state index contributed by atoms with van der Waals surface area (Å²) in [6.07, 6.45) is 0. The fourth-order valence-electron chi connectivity index (χ4n) is 4.87. The van der Waals surface area contributed by atoms with Crippen LogP contribution in [0.15, 0.2) is 59.1 Å². The zero-order valence-corrected chi connectivity index (χ0v) is 18.9. The molecule has 1 fully saturated rings. The van der Waals surface area contributed by atoms with Gasteiger partial charge in [0.05, 0.1) is 11.4 Å². The lowest BCUT2D eigenvalue weighted by Gasteiger charge is -2.38. The van der Waals surface area contributed by atoms with E-state index in [9.17, 15) is 9.90 Å². The van der Waals surface area contributed by atoms with Crippen molar-refractivity contribution in [3.05, 3.63) is 77.2 Å². The number of nitrogens with zero attached hydrogens (tertiary/aromatic N) is 3. The van der Waals surface area contributed by atoms with Gasteiger partial charge >= 0.3 is 5.97 Å². The number of hydrogen-bond acceptors (Lipinski definition) is 5. The molecule has 3 heterocycles. The molecule has 7 heteroatoms. The van der Waals surface area contributed by atoms with Crippen molar-refractivity contribution in [2.24, 2.45) is 0 Å². The first kappa shape index (κ1) is 21.4. The first-order valence-electron chi connectivity index (χ1n) is 11.3. The van der Waals surface area contributed by atoms with Crippen molar-refractivity contribution in [2.45, 2.75) is 26.4 Å². The summed E-state index contributed by atoms with van der Waals surface area (Å²) in [5.74, 6) is 0.0285. The highest BCUT2D eigenvalue weighted by Gasteiger charge is 2.34. The molecule has 2 N–H and O–H groups in total. The van der Waals surface area contributed by atoms with Crippen molar-refractivity contribution in [1.82, 2.24) is 19.9 Å². The van der Waals surface area contributed by atoms with Gasteiger partial charge in [0, 0.05) is 54.8 Å². The summed E-state index contributed by atoms with van der Waals surface area (Å²) >= 11 is 0. The van der Waals surface area contributed by atoms with E-state index in [2.05, 4.69) is 19.9 Å². The Bertz CT molecular complexity index is 1250. The monoisotopic (exact) mass is 444 g/mol. The number of rotatable bonds is 6. The van der Waals surface area contributed by atoms with Gasteiger partial charge in [0.15, 0.2) is 0 Å². The van der Waals surface area contributed by atoms with E-state index in [0.717, 1.165) is 64.4 Å². The van der Waals surface area contributed by atoms with Crippen molar-refractivity contribution >= 4 is 16.9 Å². The number of H-pyrrole nitrogens is 1. The number of fused-ring (bicyclic) bond motifs is 1. The lowest BCUT2D eigenvalue weighted by Crippen LogP contribution is -2.49. The second kappa shape index (κ2) is 8.84. The molecule has 2 aromatic carbocycles. The summed E-state index contributed by atoms with van der Waals surface area (Å²) in [5.41, 5.74) is 5.71. The number of aromatic nitrogens is 2. The van der Waals surface area contributed by atoms with Gasteiger partial charge in [-0.05, 0) is 25.5 Å². The standard InChI is InChI=1S/C26H28N4O3/c1-17-21(18(2)33-28-17)16-29-12-14-30(15-13-29)25(26(31)32)23-20-10-6-7-11-22(20)27-24(23)19-8-4-3-5-9-19/h3-11,25,27H,12-16H2,1-2H3,(H,31,32). The maximum absolute atomic E-state index is 12.7. The third kappa shape index (κ3) is 4.05. The molecule has 1 atom stereocenters. The highest BCUT2D eigenvalue weighted by molar-refractivity contribution is 5.95. The molecule has 5 rings (SSSR count). The fourth-order valence-corrected chi connectivity index (χ4v) is 4.87. The van der Waals surface area contributed by atoms with Crippen LogP contribution in [0.25, 0.3) is 22.2 Å². The zero-order chi connectivity index (χ0) is 22.9. The molecule has 1 unspecified atom stereocenters. The van der Waals surface area contributed by atoms with Crippen LogP contribution in [-0.2, 0) is 11.3 Å². The van der Waals surface area contributed by atoms with Gasteiger partial charge in [-0.2, -0.15) is 0 Å². The Morgan fingerprint density at radius 1 is 1.06 bits per heavy atom. The third-order valence-corrected chi connectivity index (χ3v) is 6.65. The molecule has 1 aliphatic rings. The van der Waals surface area contributed by atoms with Crippen molar-refractivity contribution in [3.63, 3.8) is 0 Å². The topological polar surface area (TPSA) is 85.6 Å². The molecule has 2 aromatic heterocycles. The summed E-state index contributed by atoms with van der Waals surface area (Å²) in [4.78, 5) is 20.6. The summed E-state index contributed by atoms with van der Waals surface area (Å²) in [5, 5.41) is 15.4. The summed E-state index contributed by atoms with van der Waals surface area (Å²) in [7, 11) is 0. The molecule has 4 aromatic rings. The molecule has 0 radical (unpaired) electrons. The molecule has 33 heavy (non-hydrogen) atoms. The van der Waals surface area contributed by atoms with E-state index in [1.807, 2.05) is 68.4 Å². The van der Waals surface area contributed by atoms with E-state index in [1.54, 1.807) is 0 Å².